The summed E-state index contributed by atoms with van der Waals surface area (Å²) in [6.45, 7) is 1.66. The van der Waals surface area contributed by atoms with Gasteiger partial charge in [-0.3, -0.25) is 0 Å². The highest BCUT2D eigenvalue weighted by Gasteiger charge is 2.02. The molecule has 5 heteroatoms. The van der Waals surface area contributed by atoms with E-state index in [1.165, 1.54) is 6.07 Å². The summed E-state index contributed by atoms with van der Waals surface area (Å²) in [5.74, 6) is -1.00. The van der Waals surface area contributed by atoms with Crippen LogP contribution in [-0.2, 0) is 4.74 Å². The lowest BCUT2D eigenvalue weighted by atomic mass is 10.2. The summed E-state index contributed by atoms with van der Waals surface area (Å²) in [7, 11) is 1.70. The SMILES string of the molecule is COCCCCCNc1ccc(C(=O)O)nc1. The number of unbranched alkanes of at least 4 members (excludes halogenated alkanes) is 2. The monoisotopic (exact) mass is 238 g/mol. The van der Waals surface area contributed by atoms with Crippen molar-refractivity contribution in [2.45, 2.75) is 19.3 Å². The number of hydrogen-bond donors (Lipinski definition) is 2. The first-order valence-electron chi connectivity index (χ1n) is 5.66. The van der Waals surface area contributed by atoms with Gasteiger partial charge in [0.1, 0.15) is 5.69 Å². The Bertz CT molecular complexity index is 338. The maximum Gasteiger partial charge on any atom is 0.354 e. The molecule has 0 amide bonds. The molecule has 1 aromatic rings. The van der Waals surface area contributed by atoms with Gasteiger partial charge in [-0.15, -0.1) is 0 Å². The van der Waals surface area contributed by atoms with E-state index in [1.807, 2.05) is 0 Å². The van der Waals surface area contributed by atoms with E-state index >= 15 is 0 Å². The Kier molecular flexibility index (Phi) is 6.03. The van der Waals surface area contributed by atoms with Crippen molar-refractivity contribution >= 4 is 11.7 Å². The third kappa shape index (κ3) is 5.31. The molecule has 0 saturated carbocycles. The number of carboxylic acid groups (broad SMARTS) is 1. The highest BCUT2D eigenvalue weighted by atomic mass is 16.5. The van der Waals surface area contributed by atoms with Crippen LogP contribution in [0.3, 0.4) is 0 Å². The molecule has 0 fully saturated rings. The summed E-state index contributed by atoms with van der Waals surface area (Å²) in [4.78, 5) is 14.4. The number of methoxy groups -OCH3 is 1. The molecule has 2 N–H and O–H groups in total. The second-order valence-corrected chi connectivity index (χ2v) is 3.72. The number of rotatable bonds is 8. The van der Waals surface area contributed by atoms with E-state index < -0.39 is 5.97 Å². The zero-order valence-electron chi connectivity index (χ0n) is 9.98. The lowest BCUT2D eigenvalue weighted by Gasteiger charge is -2.05. The summed E-state index contributed by atoms with van der Waals surface area (Å²) in [6, 6.07) is 3.22. The molecule has 0 atom stereocenters. The number of aromatic nitrogens is 1. The number of nitrogens with one attached hydrogen (secondary N) is 1. The van der Waals surface area contributed by atoms with Gasteiger partial charge in [-0.1, -0.05) is 0 Å². The minimum Gasteiger partial charge on any atom is -0.477 e. The van der Waals surface area contributed by atoms with Crippen molar-refractivity contribution in [1.29, 1.82) is 0 Å². The van der Waals surface area contributed by atoms with E-state index in [0.717, 1.165) is 38.1 Å². The van der Waals surface area contributed by atoms with Crippen LogP contribution >= 0.6 is 0 Å². The predicted octanol–water partition coefficient (Wildman–Crippen LogP) is 2.01. The Labute approximate surface area is 101 Å². The van der Waals surface area contributed by atoms with Crippen LogP contribution in [0.5, 0.6) is 0 Å². The average Bonchev–Trinajstić information content (AvgIpc) is 2.34. The molecule has 0 saturated heterocycles. The molecule has 5 nitrogen and oxygen atoms in total. The minimum absolute atomic E-state index is 0.0654. The van der Waals surface area contributed by atoms with E-state index in [9.17, 15) is 4.79 Å². The van der Waals surface area contributed by atoms with Gasteiger partial charge < -0.3 is 15.2 Å². The van der Waals surface area contributed by atoms with Gasteiger partial charge in [0.05, 0.1) is 11.9 Å². The highest BCUT2D eigenvalue weighted by Crippen LogP contribution is 2.06. The molecule has 1 aromatic heterocycles. The molecule has 1 rings (SSSR count). The Balaban J connectivity index is 2.21. The van der Waals surface area contributed by atoms with Crippen molar-refractivity contribution in [3.63, 3.8) is 0 Å². The van der Waals surface area contributed by atoms with Gasteiger partial charge in [0.25, 0.3) is 0 Å². The number of nitrogens with zero attached hydrogens (tertiary/aromatic N) is 1. The lowest BCUT2D eigenvalue weighted by Crippen LogP contribution is -2.04. The smallest absolute Gasteiger partial charge is 0.354 e. The molecule has 0 radical (unpaired) electrons. The van der Waals surface area contributed by atoms with Gasteiger partial charge in [0.2, 0.25) is 0 Å². The fourth-order valence-electron chi connectivity index (χ4n) is 1.41. The minimum atomic E-state index is -1.00. The normalized spacial score (nSPS) is 10.2. The number of anilines is 1. The molecular formula is C12H18N2O3. The number of pyridine rings is 1. The molecule has 0 aromatic carbocycles. The zero-order valence-corrected chi connectivity index (χ0v) is 9.98. The third-order valence-electron chi connectivity index (χ3n) is 2.34. The summed E-state index contributed by atoms with van der Waals surface area (Å²) >= 11 is 0. The zero-order chi connectivity index (χ0) is 12.5. The van der Waals surface area contributed by atoms with Crippen LogP contribution in [0.25, 0.3) is 0 Å². The molecule has 0 spiro atoms. The molecule has 1 heterocycles. The van der Waals surface area contributed by atoms with Crippen LogP contribution in [0.1, 0.15) is 29.8 Å². The Morgan fingerprint density at radius 3 is 2.82 bits per heavy atom. The number of ether oxygens (including phenoxy) is 1. The van der Waals surface area contributed by atoms with Crippen LogP contribution in [0.4, 0.5) is 5.69 Å². The summed E-state index contributed by atoms with van der Waals surface area (Å²) in [5, 5.41) is 11.9. The maximum absolute atomic E-state index is 10.6. The van der Waals surface area contributed by atoms with E-state index in [1.54, 1.807) is 19.4 Å². The van der Waals surface area contributed by atoms with Crippen molar-refractivity contribution < 1.29 is 14.6 Å². The standard InChI is InChI=1S/C12H18N2O3/c1-17-8-4-2-3-7-13-10-5-6-11(12(15)16)14-9-10/h5-6,9,13H,2-4,7-8H2,1H3,(H,15,16). The van der Waals surface area contributed by atoms with Crippen LogP contribution < -0.4 is 5.32 Å². The van der Waals surface area contributed by atoms with Crippen LogP contribution in [0.2, 0.25) is 0 Å². The molecule has 17 heavy (non-hydrogen) atoms. The molecular weight excluding hydrogens is 220 g/mol. The first-order chi connectivity index (χ1) is 8.24. The molecule has 94 valence electrons. The maximum atomic E-state index is 10.6. The Hall–Kier alpha value is -1.62. The molecule has 0 aliphatic carbocycles. The first-order valence-corrected chi connectivity index (χ1v) is 5.66. The number of hydrogen-bond acceptors (Lipinski definition) is 4. The molecule has 0 aliphatic heterocycles. The number of carboxylic acids is 1. The van der Waals surface area contributed by atoms with Crippen molar-refractivity contribution in [3.05, 3.63) is 24.0 Å². The van der Waals surface area contributed by atoms with E-state index in [0.29, 0.717) is 0 Å². The fraction of sp³-hybridized carbons (Fsp3) is 0.500. The quantitative estimate of drug-likeness (QED) is 0.678. The molecule has 0 aliphatic rings. The second-order valence-electron chi connectivity index (χ2n) is 3.72. The second kappa shape index (κ2) is 7.62. The van der Waals surface area contributed by atoms with E-state index in [2.05, 4.69) is 10.3 Å². The van der Waals surface area contributed by atoms with Gasteiger partial charge in [0, 0.05) is 20.3 Å². The highest BCUT2D eigenvalue weighted by molar-refractivity contribution is 5.85. The largest absolute Gasteiger partial charge is 0.477 e. The van der Waals surface area contributed by atoms with Gasteiger partial charge in [-0.2, -0.15) is 0 Å². The van der Waals surface area contributed by atoms with E-state index in [-0.39, 0.29) is 5.69 Å². The van der Waals surface area contributed by atoms with Crippen LogP contribution in [0, 0.1) is 0 Å². The van der Waals surface area contributed by atoms with Crippen molar-refractivity contribution in [1.82, 2.24) is 4.98 Å². The molecule has 0 bridgehead atoms. The van der Waals surface area contributed by atoms with Gasteiger partial charge >= 0.3 is 5.97 Å². The average molecular weight is 238 g/mol. The number of carbonyl (C=O) groups is 1. The summed E-state index contributed by atoms with van der Waals surface area (Å²) in [6.07, 6.45) is 4.78. The third-order valence-corrected chi connectivity index (χ3v) is 2.34. The Morgan fingerprint density at radius 2 is 2.24 bits per heavy atom. The van der Waals surface area contributed by atoms with Crippen molar-refractivity contribution in [2.75, 3.05) is 25.6 Å². The van der Waals surface area contributed by atoms with Gasteiger partial charge in [-0.25, -0.2) is 9.78 Å². The van der Waals surface area contributed by atoms with E-state index in [4.69, 9.17) is 9.84 Å². The van der Waals surface area contributed by atoms with Gasteiger partial charge in [-0.05, 0) is 31.4 Å². The predicted molar refractivity (Wildman–Crippen MR) is 65.4 cm³/mol. The Morgan fingerprint density at radius 1 is 1.41 bits per heavy atom. The van der Waals surface area contributed by atoms with Gasteiger partial charge in [0.15, 0.2) is 0 Å². The van der Waals surface area contributed by atoms with Crippen LogP contribution in [-0.4, -0.2) is 36.3 Å². The van der Waals surface area contributed by atoms with Crippen molar-refractivity contribution in [3.8, 4) is 0 Å². The number of aromatic carboxylic acids is 1. The van der Waals surface area contributed by atoms with Crippen molar-refractivity contribution in [2.24, 2.45) is 0 Å². The van der Waals surface area contributed by atoms with Crippen LogP contribution in [0.15, 0.2) is 18.3 Å². The topological polar surface area (TPSA) is 71.5 Å². The molecule has 0 unspecified atom stereocenters. The summed E-state index contributed by atoms with van der Waals surface area (Å²) in [5.41, 5.74) is 0.914. The lowest BCUT2D eigenvalue weighted by molar-refractivity contribution is 0.0690. The fourth-order valence-corrected chi connectivity index (χ4v) is 1.41. The first kappa shape index (κ1) is 13.4. The summed E-state index contributed by atoms with van der Waals surface area (Å²) < 4.78 is 4.96.